The predicted molar refractivity (Wildman–Crippen MR) is 44.3 cm³/mol. The Bertz CT molecular complexity index is 121. The summed E-state index contributed by atoms with van der Waals surface area (Å²) in [5.41, 5.74) is 0.478. The van der Waals surface area contributed by atoms with Gasteiger partial charge >= 0.3 is 0 Å². The number of halogens is 1. The molecule has 0 spiro atoms. The number of hydrogen-bond acceptors (Lipinski definition) is 2. The summed E-state index contributed by atoms with van der Waals surface area (Å²) in [6.45, 7) is 1.68. The van der Waals surface area contributed by atoms with E-state index in [0.717, 1.165) is 0 Å². The predicted octanol–water partition coefficient (Wildman–Crippen LogP) is 1.99. The van der Waals surface area contributed by atoms with Crippen LogP contribution in [0, 0.1) is 10.8 Å². The third-order valence-electron chi connectivity index (χ3n) is 0.480. The summed E-state index contributed by atoms with van der Waals surface area (Å²) in [5, 5.41) is 13.8. The Kier molecular flexibility index (Phi) is 3.68. The summed E-state index contributed by atoms with van der Waals surface area (Å²) in [7, 11) is 0. The molecule has 0 bridgehead atoms. The molecule has 44 valence electrons. The van der Waals surface area contributed by atoms with E-state index < -0.39 is 0 Å². The van der Waals surface area contributed by atoms with Crippen molar-refractivity contribution in [2.75, 3.05) is 0 Å². The van der Waals surface area contributed by atoms with E-state index in [1.165, 1.54) is 0 Å². The van der Waals surface area contributed by atoms with Gasteiger partial charge in [0, 0.05) is 5.71 Å². The Balaban J connectivity index is 3.67. The largest absolute Gasteiger partial charge is 0.306 e. The van der Waals surface area contributed by atoms with E-state index in [4.69, 9.17) is 10.8 Å². The molecule has 0 saturated carbocycles. The van der Waals surface area contributed by atoms with Gasteiger partial charge in [0.2, 0.25) is 0 Å². The third-order valence-corrected chi connectivity index (χ3v) is 0.839. The van der Waals surface area contributed by atoms with Crippen molar-refractivity contribution in [3.05, 3.63) is 12.2 Å². The Labute approximate surface area is 62.1 Å². The monoisotopic (exact) mass is 222 g/mol. The third kappa shape index (κ3) is 5.81. The van der Waals surface area contributed by atoms with Crippen LogP contribution < -0.4 is 0 Å². The lowest BCUT2D eigenvalue weighted by Gasteiger charge is -1.79. The van der Waals surface area contributed by atoms with Gasteiger partial charge in [-0.05, 0) is 41.7 Å². The first-order chi connectivity index (χ1) is 3.63. The fourth-order valence-electron chi connectivity index (χ4n) is 0.198. The molecule has 3 heteroatoms. The molecule has 0 amide bonds. The van der Waals surface area contributed by atoms with Crippen LogP contribution in [-0.2, 0) is 0 Å². The lowest BCUT2D eigenvalue weighted by atomic mass is 10.4. The molecule has 0 atom stereocenters. The Morgan fingerprint density at radius 3 is 2.00 bits per heavy atom. The first-order valence-electron chi connectivity index (χ1n) is 2.10. The van der Waals surface area contributed by atoms with E-state index in [1.807, 2.05) is 22.6 Å². The minimum absolute atomic E-state index is 0.453. The van der Waals surface area contributed by atoms with Crippen molar-refractivity contribution in [3.8, 4) is 0 Å². The van der Waals surface area contributed by atoms with E-state index in [-0.39, 0.29) is 0 Å². The maximum atomic E-state index is 6.90. The molecule has 0 radical (unpaired) electrons. The van der Waals surface area contributed by atoms with Crippen LogP contribution in [-0.4, -0.2) is 9.43 Å². The van der Waals surface area contributed by atoms with Gasteiger partial charge in [-0.25, -0.2) is 0 Å². The van der Waals surface area contributed by atoms with Gasteiger partial charge in [-0.1, -0.05) is 0 Å². The molecule has 0 aromatic rings. The Morgan fingerprint density at radius 1 is 1.38 bits per heavy atom. The summed E-state index contributed by atoms with van der Waals surface area (Å²) >= 11 is 1.88. The molecule has 0 saturated heterocycles. The molecular weight excluding hydrogens is 215 g/mol. The van der Waals surface area contributed by atoms with Crippen LogP contribution in [0.3, 0.4) is 0 Å². The first-order valence-corrected chi connectivity index (χ1v) is 3.18. The number of hydrogen-bond donors (Lipinski definition) is 2. The van der Waals surface area contributed by atoms with Crippen LogP contribution in [0.5, 0.6) is 0 Å². The van der Waals surface area contributed by atoms with Gasteiger partial charge in [0.15, 0.2) is 0 Å². The minimum atomic E-state index is 0.453. The molecule has 0 aliphatic rings. The van der Waals surface area contributed by atoms with Gasteiger partial charge in [0.05, 0.1) is 3.72 Å². The minimum Gasteiger partial charge on any atom is -0.306 e. The van der Waals surface area contributed by atoms with Crippen molar-refractivity contribution in [2.24, 2.45) is 0 Å². The molecule has 0 unspecified atom stereocenters. The molecule has 2 nitrogen and oxygen atoms in total. The van der Waals surface area contributed by atoms with Crippen molar-refractivity contribution < 1.29 is 0 Å². The van der Waals surface area contributed by atoms with Crippen LogP contribution in [0.4, 0.5) is 0 Å². The van der Waals surface area contributed by atoms with Crippen LogP contribution in [0.1, 0.15) is 6.92 Å². The number of rotatable bonds is 2. The van der Waals surface area contributed by atoms with Crippen molar-refractivity contribution in [2.45, 2.75) is 6.92 Å². The van der Waals surface area contributed by atoms with E-state index in [0.29, 0.717) is 9.43 Å². The van der Waals surface area contributed by atoms with E-state index >= 15 is 0 Å². The molecule has 0 aromatic carbocycles. The summed E-state index contributed by atoms with van der Waals surface area (Å²) in [6, 6.07) is 0. The van der Waals surface area contributed by atoms with Crippen molar-refractivity contribution in [3.63, 3.8) is 0 Å². The van der Waals surface area contributed by atoms with Gasteiger partial charge in [-0.3, -0.25) is 5.41 Å². The molecule has 0 aromatic heterocycles. The second-order valence-electron chi connectivity index (χ2n) is 1.36. The maximum absolute atomic E-state index is 6.90. The topological polar surface area (TPSA) is 47.7 Å². The highest BCUT2D eigenvalue weighted by Crippen LogP contribution is 1.87. The normalized spacial score (nSPS) is 9.75. The molecular formula is C5H7IN2. The van der Waals surface area contributed by atoms with Gasteiger partial charge in [0.1, 0.15) is 0 Å². The maximum Gasteiger partial charge on any atom is 0.0920 e. The van der Waals surface area contributed by atoms with Gasteiger partial charge in [-0.15, -0.1) is 0 Å². The van der Waals surface area contributed by atoms with Crippen molar-refractivity contribution in [1.82, 2.24) is 0 Å². The standard InChI is InChI=1S/C5H7IN2/c1-4(7)2-3-5(6)8/h2-3,7-8H,1H3/b3-2-,7-4?,8-5?. The van der Waals surface area contributed by atoms with E-state index in [2.05, 4.69) is 0 Å². The van der Waals surface area contributed by atoms with Crippen molar-refractivity contribution in [1.29, 1.82) is 10.8 Å². The number of allylic oxidation sites excluding steroid dienone is 2. The van der Waals surface area contributed by atoms with Crippen LogP contribution >= 0.6 is 22.6 Å². The Morgan fingerprint density at radius 2 is 1.88 bits per heavy atom. The van der Waals surface area contributed by atoms with Crippen LogP contribution in [0.15, 0.2) is 12.2 Å². The fourth-order valence-corrected chi connectivity index (χ4v) is 0.378. The zero-order valence-electron chi connectivity index (χ0n) is 4.53. The zero-order valence-corrected chi connectivity index (χ0v) is 6.69. The summed E-state index contributed by atoms with van der Waals surface area (Å²) in [6.07, 6.45) is 3.18. The highest BCUT2D eigenvalue weighted by Gasteiger charge is 1.78. The molecule has 2 N–H and O–H groups in total. The lowest BCUT2D eigenvalue weighted by molar-refractivity contribution is 1.50. The summed E-state index contributed by atoms with van der Waals surface area (Å²) in [4.78, 5) is 0. The van der Waals surface area contributed by atoms with E-state index in [1.54, 1.807) is 19.1 Å². The highest BCUT2D eigenvalue weighted by atomic mass is 127. The molecule has 8 heavy (non-hydrogen) atoms. The SMILES string of the molecule is CC(=N)/C=C\C(=N)I. The van der Waals surface area contributed by atoms with Crippen LogP contribution in [0.25, 0.3) is 0 Å². The first kappa shape index (κ1) is 7.81. The van der Waals surface area contributed by atoms with E-state index in [9.17, 15) is 0 Å². The molecule has 0 fully saturated rings. The Hall–Kier alpha value is -0.190. The van der Waals surface area contributed by atoms with Crippen LogP contribution in [0.2, 0.25) is 0 Å². The van der Waals surface area contributed by atoms with Gasteiger partial charge in [0.25, 0.3) is 0 Å². The summed E-state index contributed by atoms with van der Waals surface area (Å²) in [5.74, 6) is 0. The molecule has 0 heterocycles. The zero-order chi connectivity index (χ0) is 6.57. The highest BCUT2D eigenvalue weighted by molar-refractivity contribution is 14.1. The van der Waals surface area contributed by atoms with Gasteiger partial charge in [-0.2, -0.15) is 0 Å². The number of nitrogens with one attached hydrogen (secondary N) is 2. The van der Waals surface area contributed by atoms with Crippen molar-refractivity contribution >= 4 is 32.0 Å². The molecule has 0 aliphatic carbocycles. The average molecular weight is 222 g/mol. The van der Waals surface area contributed by atoms with Gasteiger partial charge < -0.3 is 5.41 Å². The molecule has 0 rings (SSSR count). The fraction of sp³-hybridized carbons (Fsp3) is 0.200. The second-order valence-corrected chi connectivity index (χ2v) is 2.53. The second kappa shape index (κ2) is 3.77. The lowest BCUT2D eigenvalue weighted by Crippen LogP contribution is -1.80. The average Bonchev–Trinajstić information content (AvgIpc) is 1.61. The molecule has 0 aliphatic heterocycles. The quantitative estimate of drug-likeness (QED) is 0.530. The summed E-state index contributed by atoms with van der Waals surface area (Å²) < 4.78 is 0.453. The smallest absolute Gasteiger partial charge is 0.0920 e.